The Morgan fingerprint density at radius 1 is 1.35 bits per heavy atom. The fourth-order valence-corrected chi connectivity index (χ4v) is 4.04. The molecule has 3 rings (SSSR count). The summed E-state index contributed by atoms with van der Waals surface area (Å²) in [6.07, 6.45) is 4.69. The fraction of sp³-hybridized carbons (Fsp3) is 0.667. The number of likely N-dealkylation sites (tertiary alicyclic amines) is 2. The van der Waals surface area contributed by atoms with E-state index in [-0.39, 0.29) is 5.41 Å². The Hall–Kier alpha value is -1.46. The van der Waals surface area contributed by atoms with Crippen LogP contribution < -0.4 is 0 Å². The van der Waals surface area contributed by atoms with Crippen molar-refractivity contribution in [1.29, 1.82) is 0 Å². The second-order valence-corrected chi connectivity index (χ2v) is 7.43. The van der Waals surface area contributed by atoms with Crippen LogP contribution in [0.5, 0.6) is 0 Å². The Morgan fingerprint density at radius 3 is 2.78 bits per heavy atom. The lowest BCUT2D eigenvalue weighted by Crippen LogP contribution is -2.41. The molecule has 1 aromatic heterocycles. The summed E-state index contributed by atoms with van der Waals surface area (Å²) in [6, 6.07) is 4.13. The van der Waals surface area contributed by atoms with Gasteiger partial charge in [-0.25, -0.2) is 0 Å². The topological polar surface area (TPSA) is 39.7 Å². The number of likely N-dealkylation sites (N-methyl/N-ethyl adjacent to an activating group) is 1. The molecule has 126 valence electrons. The second kappa shape index (κ2) is 6.57. The van der Waals surface area contributed by atoms with Gasteiger partial charge in [0.25, 0.3) is 0 Å². The first-order chi connectivity index (χ1) is 11.0. The van der Waals surface area contributed by atoms with Crippen LogP contribution in [0.4, 0.5) is 0 Å². The summed E-state index contributed by atoms with van der Waals surface area (Å²) in [5, 5.41) is 0. The van der Waals surface area contributed by atoms with Crippen molar-refractivity contribution < 1.29 is 4.79 Å². The van der Waals surface area contributed by atoms with Crippen molar-refractivity contribution in [2.45, 2.75) is 19.9 Å². The lowest BCUT2D eigenvalue weighted by Gasteiger charge is -2.27. The molecule has 0 radical (unpaired) electrons. The van der Waals surface area contributed by atoms with Gasteiger partial charge < -0.3 is 9.80 Å². The maximum Gasteiger partial charge on any atom is 0.230 e. The summed E-state index contributed by atoms with van der Waals surface area (Å²) < 4.78 is 0. The van der Waals surface area contributed by atoms with Gasteiger partial charge in [0.15, 0.2) is 0 Å². The summed E-state index contributed by atoms with van der Waals surface area (Å²) in [6.45, 7) is 7.78. The van der Waals surface area contributed by atoms with Crippen LogP contribution >= 0.6 is 0 Å². The molecule has 1 amide bonds. The van der Waals surface area contributed by atoms with E-state index in [4.69, 9.17) is 0 Å². The minimum Gasteiger partial charge on any atom is -0.341 e. The summed E-state index contributed by atoms with van der Waals surface area (Å²) >= 11 is 0. The average molecular weight is 316 g/mol. The second-order valence-electron chi connectivity index (χ2n) is 7.43. The van der Waals surface area contributed by atoms with Crippen molar-refractivity contribution in [2.75, 3.05) is 46.8 Å². The van der Waals surface area contributed by atoms with Crippen LogP contribution in [0.3, 0.4) is 0 Å². The quantitative estimate of drug-likeness (QED) is 0.821. The van der Waals surface area contributed by atoms with Crippen LogP contribution in [0.2, 0.25) is 0 Å². The fourth-order valence-electron chi connectivity index (χ4n) is 4.04. The summed E-state index contributed by atoms with van der Waals surface area (Å²) in [5.41, 5.74) is 1.12. The van der Waals surface area contributed by atoms with Crippen molar-refractivity contribution in [2.24, 2.45) is 11.3 Å². The zero-order valence-electron chi connectivity index (χ0n) is 14.5. The number of rotatable bonds is 5. The van der Waals surface area contributed by atoms with Gasteiger partial charge in [-0.15, -0.1) is 0 Å². The molecule has 2 atom stereocenters. The Bertz CT molecular complexity index is 547. The van der Waals surface area contributed by atoms with E-state index >= 15 is 0 Å². The first kappa shape index (κ1) is 16.4. The predicted molar refractivity (Wildman–Crippen MR) is 90.9 cm³/mol. The molecule has 2 aliphatic rings. The van der Waals surface area contributed by atoms with Crippen LogP contribution in [0.1, 0.15) is 18.9 Å². The third kappa shape index (κ3) is 3.26. The van der Waals surface area contributed by atoms with Crippen molar-refractivity contribution in [3.05, 3.63) is 30.1 Å². The first-order valence-electron chi connectivity index (χ1n) is 8.56. The highest BCUT2D eigenvalue weighted by Crippen LogP contribution is 2.44. The van der Waals surface area contributed by atoms with Crippen LogP contribution in [0.15, 0.2) is 24.5 Å². The highest BCUT2D eigenvalue weighted by molar-refractivity contribution is 5.86. The Kier molecular flexibility index (Phi) is 4.69. The molecule has 5 heteroatoms. The Morgan fingerprint density at radius 2 is 2.09 bits per heavy atom. The van der Waals surface area contributed by atoms with Crippen LogP contribution in [0, 0.1) is 11.3 Å². The number of nitrogens with zero attached hydrogens (tertiary/aromatic N) is 4. The van der Waals surface area contributed by atoms with Gasteiger partial charge in [-0.1, -0.05) is 6.92 Å². The van der Waals surface area contributed by atoms with Gasteiger partial charge in [-0.05, 0) is 44.1 Å². The zero-order chi connectivity index (χ0) is 16.4. The molecule has 23 heavy (non-hydrogen) atoms. The normalized spacial score (nSPS) is 28.4. The molecular weight excluding hydrogens is 288 g/mol. The molecule has 2 saturated heterocycles. The van der Waals surface area contributed by atoms with Crippen molar-refractivity contribution >= 4 is 5.91 Å². The molecule has 0 N–H and O–H groups in total. The Balaban J connectivity index is 1.65. The van der Waals surface area contributed by atoms with E-state index in [9.17, 15) is 4.79 Å². The number of amides is 1. The maximum absolute atomic E-state index is 13.0. The third-order valence-electron chi connectivity index (χ3n) is 5.49. The highest BCUT2D eigenvalue weighted by Gasteiger charge is 2.54. The molecule has 2 fully saturated rings. The minimum absolute atomic E-state index is 0.153. The first-order valence-corrected chi connectivity index (χ1v) is 8.56. The molecule has 0 bridgehead atoms. The van der Waals surface area contributed by atoms with E-state index in [0.29, 0.717) is 11.8 Å². The number of hydrogen-bond acceptors (Lipinski definition) is 4. The third-order valence-corrected chi connectivity index (χ3v) is 5.49. The van der Waals surface area contributed by atoms with E-state index in [1.165, 1.54) is 5.56 Å². The van der Waals surface area contributed by atoms with E-state index < -0.39 is 0 Å². The standard InChI is InChI=1S/C18H28N4O/c1-15-12-21(13-16-4-7-19-8-5-16)14-18(15)6-9-22(17(18)23)11-10-20(2)3/h4-5,7-8,15H,6,9-14H2,1-3H3/t15-,18-/m0/s1. The van der Waals surface area contributed by atoms with Crippen LogP contribution in [0.25, 0.3) is 0 Å². The van der Waals surface area contributed by atoms with E-state index in [1.54, 1.807) is 0 Å². The summed E-state index contributed by atoms with van der Waals surface area (Å²) in [7, 11) is 4.12. The molecule has 1 spiro atoms. The van der Waals surface area contributed by atoms with Gasteiger partial charge in [0.1, 0.15) is 0 Å². The molecular formula is C18H28N4O. The largest absolute Gasteiger partial charge is 0.341 e. The van der Waals surface area contributed by atoms with E-state index in [2.05, 4.69) is 52.8 Å². The Labute approximate surface area is 139 Å². The van der Waals surface area contributed by atoms with Gasteiger partial charge in [0.05, 0.1) is 5.41 Å². The summed E-state index contributed by atoms with van der Waals surface area (Å²) in [5.74, 6) is 0.810. The summed E-state index contributed by atoms with van der Waals surface area (Å²) in [4.78, 5) is 23.8. The van der Waals surface area contributed by atoms with Gasteiger partial charge in [0, 0.05) is 51.7 Å². The van der Waals surface area contributed by atoms with Gasteiger partial charge in [-0.2, -0.15) is 0 Å². The number of aromatic nitrogens is 1. The van der Waals surface area contributed by atoms with E-state index in [1.807, 2.05) is 12.4 Å². The minimum atomic E-state index is -0.153. The lowest BCUT2D eigenvalue weighted by molar-refractivity contribution is -0.137. The molecule has 0 saturated carbocycles. The van der Waals surface area contributed by atoms with Gasteiger partial charge >= 0.3 is 0 Å². The van der Waals surface area contributed by atoms with Gasteiger partial charge in [0.2, 0.25) is 5.91 Å². The van der Waals surface area contributed by atoms with Gasteiger partial charge in [-0.3, -0.25) is 14.7 Å². The van der Waals surface area contributed by atoms with Crippen LogP contribution in [-0.4, -0.2) is 72.4 Å². The molecule has 1 aromatic rings. The molecule has 5 nitrogen and oxygen atoms in total. The number of carbonyl (C=O) groups excluding carboxylic acids is 1. The lowest BCUT2D eigenvalue weighted by atomic mass is 9.78. The molecule has 0 aliphatic carbocycles. The monoisotopic (exact) mass is 316 g/mol. The maximum atomic E-state index is 13.0. The van der Waals surface area contributed by atoms with Crippen molar-refractivity contribution in [3.63, 3.8) is 0 Å². The van der Waals surface area contributed by atoms with Crippen LogP contribution in [-0.2, 0) is 11.3 Å². The van der Waals surface area contributed by atoms with Crippen molar-refractivity contribution in [1.82, 2.24) is 19.7 Å². The SMILES string of the molecule is C[C@H]1CN(Cc2ccncc2)C[C@@]12CCN(CCN(C)C)C2=O. The molecule has 2 aliphatic heterocycles. The molecule has 0 aromatic carbocycles. The highest BCUT2D eigenvalue weighted by atomic mass is 16.2. The van der Waals surface area contributed by atoms with Crippen molar-refractivity contribution in [3.8, 4) is 0 Å². The zero-order valence-corrected chi connectivity index (χ0v) is 14.5. The number of carbonyl (C=O) groups is 1. The van der Waals surface area contributed by atoms with E-state index in [0.717, 1.165) is 45.7 Å². The molecule has 0 unspecified atom stereocenters. The number of pyridine rings is 1. The predicted octanol–water partition coefficient (Wildman–Crippen LogP) is 1.31. The average Bonchev–Trinajstić information content (AvgIpc) is 3.00. The number of hydrogen-bond donors (Lipinski definition) is 0. The smallest absolute Gasteiger partial charge is 0.230 e. The molecule has 3 heterocycles.